The van der Waals surface area contributed by atoms with E-state index in [1.54, 1.807) is 0 Å². The number of aromatic nitrogens is 1. The Morgan fingerprint density at radius 2 is 2.03 bits per heavy atom. The zero-order chi connectivity index (χ0) is 20.5. The largest absolute Gasteiger partial charge is 0.489 e. The van der Waals surface area contributed by atoms with E-state index in [0.29, 0.717) is 12.6 Å². The number of guanidine groups is 1. The number of nitrogens with one attached hydrogen (secondary N) is 2. The summed E-state index contributed by atoms with van der Waals surface area (Å²) in [5.74, 6) is 1.75. The molecule has 0 amide bonds. The van der Waals surface area contributed by atoms with Gasteiger partial charge in [-0.25, -0.2) is 0 Å². The Morgan fingerprint density at radius 1 is 1.23 bits per heavy atom. The molecule has 6 nitrogen and oxygen atoms in total. The van der Waals surface area contributed by atoms with E-state index in [2.05, 4.69) is 63.6 Å². The van der Waals surface area contributed by atoms with E-state index in [4.69, 9.17) is 4.74 Å². The van der Waals surface area contributed by atoms with Gasteiger partial charge in [-0.3, -0.25) is 14.9 Å². The van der Waals surface area contributed by atoms with Crippen molar-refractivity contribution in [1.82, 2.24) is 20.5 Å². The lowest BCUT2D eigenvalue weighted by Crippen LogP contribution is -2.49. The van der Waals surface area contributed by atoms with Crippen molar-refractivity contribution in [3.63, 3.8) is 0 Å². The van der Waals surface area contributed by atoms with Gasteiger partial charge in [-0.2, -0.15) is 0 Å². The van der Waals surface area contributed by atoms with E-state index >= 15 is 0 Å². The molecule has 0 spiro atoms. The summed E-state index contributed by atoms with van der Waals surface area (Å²) in [4.78, 5) is 11.3. The van der Waals surface area contributed by atoms with E-state index in [1.807, 2.05) is 31.4 Å². The van der Waals surface area contributed by atoms with Gasteiger partial charge < -0.3 is 15.4 Å². The molecular weight excluding hydrogens is 489 g/mol. The summed E-state index contributed by atoms with van der Waals surface area (Å²) in [5, 5.41) is 6.95. The fourth-order valence-corrected chi connectivity index (χ4v) is 3.55. The van der Waals surface area contributed by atoms with Gasteiger partial charge in [0.2, 0.25) is 0 Å². The van der Waals surface area contributed by atoms with Crippen molar-refractivity contribution < 1.29 is 4.74 Å². The van der Waals surface area contributed by atoms with E-state index < -0.39 is 0 Å². The third kappa shape index (κ3) is 8.10. The number of rotatable bonds is 7. The Kier molecular flexibility index (Phi) is 10.4. The number of aliphatic imine (C=N–C) groups is 1. The number of likely N-dealkylation sites (tertiary alicyclic amines) is 1. The molecule has 0 radical (unpaired) electrons. The summed E-state index contributed by atoms with van der Waals surface area (Å²) in [6.07, 6.45) is 4.12. The van der Waals surface area contributed by atoms with Crippen molar-refractivity contribution >= 4 is 29.9 Å². The molecule has 2 aromatic rings. The van der Waals surface area contributed by atoms with Crippen LogP contribution in [0.25, 0.3) is 0 Å². The van der Waals surface area contributed by atoms with Gasteiger partial charge in [0.1, 0.15) is 11.9 Å². The molecule has 1 aliphatic rings. The van der Waals surface area contributed by atoms with Crippen LogP contribution >= 0.6 is 24.0 Å². The lowest BCUT2D eigenvalue weighted by atomic mass is 10.0. The van der Waals surface area contributed by atoms with Crippen LogP contribution in [0.5, 0.6) is 5.75 Å². The number of nitrogens with zero attached hydrogens (tertiary/aromatic N) is 3. The number of piperidine rings is 1. The summed E-state index contributed by atoms with van der Waals surface area (Å²) >= 11 is 0. The van der Waals surface area contributed by atoms with Crippen molar-refractivity contribution in [3.05, 3.63) is 59.9 Å². The molecular formula is C23H34IN5O. The van der Waals surface area contributed by atoms with Gasteiger partial charge in [0.15, 0.2) is 5.96 Å². The third-order valence-electron chi connectivity index (χ3n) is 5.15. The number of aryl methyl sites for hydroxylation is 1. The van der Waals surface area contributed by atoms with E-state index in [9.17, 15) is 0 Å². The van der Waals surface area contributed by atoms with Gasteiger partial charge in [-0.1, -0.05) is 18.2 Å². The fourth-order valence-electron chi connectivity index (χ4n) is 3.55. The molecule has 1 aromatic carbocycles. The Bertz CT molecular complexity index is 778. The second-order valence-electron chi connectivity index (χ2n) is 7.71. The molecule has 0 bridgehead atoms. The molecule has 1 atom stereocenters. The van der Waals surface area contributed by atoms with Crippen LogP contribution in [-0.4, -0.2) is 54.7 Å². The average molecular weight is 523 g/mol. The van der Waals surface area contributed by atoms with Crippen LogP contribution in [0.15, 0.2) is 53.7 Å². The van der Waals surface area contributed by atoms with Crippen molar-refractivity contribution in [3.8, 4) is 5.75 Å². The topological polar surface area (TPSA) is 61.8 Å². The fraction of sp³-hybridized carbons (Fsp3) is 0.478. The summed E-state index contributed by atoms with van der Waals surface area (Å²) in [7, 11) is 1.82. The number of hydrogen-bond acceptors (Lipinski definition) is 4. The number of hydrogen-bond donors (Lipinski definition) is 2. The second-order valence-corrected chi connectivity index (χ2v) is 7.71. The Hall–Kier alpha value is -1.87. The zero-order valence-corrected chi connectivity index (χ0v) is 20.5. The molecule has 0 saturated carbocycles. The van der Waals surface area contributed by atoms with E-state index in [0.717, 1.165) is 49.9 Å². The predicted octanol–water partition coefficient (Wildman–Crippen LogP) is 3.60. The molecule has 2 heterocycles. The van der Waals surface area contributed by atoms with E-state index in [1.165, 1.54) is 5.56 Å². The van der Waals surface area contributed by atoms with Gasteiger partial charge in [-0.05, 0) is 56.5 Å². The predicted molar refractivity (Wildman–Crippen MR) is 134 cm³/mol. The summed E-state index contributed by atoms with van der Waals surface area (Å²) in [6, 6.07) is 14.7. The van der Waals surface area contributed by atoms with Crippen molar-refractivity contribution in [1.29, 1.82) is 0 Å². The normalized spacial score (nSPS) is 16.4. The van der Waals surface area contributed by atoms with Crippen LogP contribution in [-0.2, 0) is 6.54 Å². The molecule has 1 unspecified atom stereocenters. The highest BCUT2D eigenvalue weighted by Gasteiger charge is 2.20. The van der Waals surface area contributed by atoms with Crippen molar-refractivity contribution in [2.24, 2.45) is 4.99 Å². The third-order valence-corrected chi connectivity index (χ3v) is 5.15. The number of benzene rings is 1. The minimum Gasteiger partial charge on any atom is -0.489 e. The summed E-state index contributed by atoms with van der Waals surface area (Å²) in [6.45, 7) is 7.90. The highest BCUT2D eigenvalue weighted by molar-refractivity contribution is 14.0. The monoisotopic (exact) mass is 523 g/mol. The standard InChI is InChI=1S/C23H33N5O.HI/c1-18-7-6-9-22(15-18)29-19(2)16-26-23(24-3)27-20-10-13-28(14-11-20)17-21-8-4-5-12-25-21;/h4-9,12,15,19-20H,10-11,13-14,16-17H2,1-3H3,(H2,24,26,27);1H. The van der Waals surface area contributed by atoms with Gasteiger partial charge >= 0.3 is 0 Å². The number of pyridine rings is 1. The molecule has 7 heteroatoms. The number of halogens is 1. The van der Waals surface area contributed by atoms with Crippen LogP contribution in [0.3, 0.4) is 0 Å². The Morgan fingerprint density at radius 3 is 2.70 bits per heavy atom. The van der Waals surface area contributed by atoms with Crippen LogP contribution in [0.2, 0.25) is 0 Å². The van der Waals surface area contributed by atoms with Crippen LogP contribution in [0, 0.1) is 6.92 Å². The van der Waals surface area contributed by atoms with Gasteiger partial charge in [0, 0.05) is 38.9 Å². The van der Waals surface area contributed by atoms with Crippen molar-refractivity contribution in [2.75, 3.05) is 26.7 Å². The van der Waals surface area contributed by atoms with E-state index in [-0.39, 0.29) is 30.1 Å². The van der Waals surface area contributed by atoms with Crippen LogP contribution in [0.4, 0.5) is 0 Å². The SMILES string of the molecule is CN=C(NCC(C)Oc1cccc(C)c1)NC1CCN(Cc2ccccn2)CC1.I. The molecule has 1 aliphatic heterocycles. The maximum absolute atomic E-state index is 5.99. The van der Waals surface area contributed by atoms with Gasteiger partial charge in [-0.15, -0.1) is 24.0 Å². The molecule has 0 aliphatic carbocycles. The first kappa shape index (κ1) is 24.4. The molecule has 1 fully saturated rings. The maximum atomic E-state index is 5.99. The second kappa shape index (κ2) is 12.7. The van der Waals surface area contributed by atoms with Crippen LogP contribution in [0.1, 0.15) is 31.0 Å². The molecule has 1 aromatic heterocycles. The van der Waals surface area contributed by atoms with Crippen LogP contribution < -0.4 is 15.4 Å². The Labute approximate surface area is 197 Å². The molecule has 3 rings (SSSR count). The molecule has 2 N–H and O–H groups in total. The Balaban J connectivity index is 0.00000320. The van der Waals surface area contributed by atoms with Gasteiger partial charge in [0.05, 0.1) is 12.2 Å². The summed E-state index contributed by atoms with van der Waals surface area (Å²) < 4.78 is 5.99. The van der Waals surface area contributed by atoms with Gasteiger partial charge in [0.25, 0.3) is 0 Å². The lowest BCUT2D eigenvalue weighted by molar-refractivity contribution is 0.195. The highest BCUT2D eigenvalue weighted by atomic mass is 127. The smallest absolute Gasteiger partial charge is 0.191 e. The minimum atomic E-state index is 0. The molecule has 164 valence electrons. The first-order valence-electron chi connectivity index (χ1n) is 10.4. The molecule has 30 heavy (non-hydrogen) atoms. The highest BCUT2D eigenvalue weighted by Crippen LogP contribution is 2.14. The average Bonchev–Trinajstić information content (AvgIpc) is 2.73. The zero-order valence-electron chi connectivity index (χ0n) is 18.2. The maximum Gasteiger partial charge on any atom is 0.191 e. The molecule has 1 saturated heterocycles. The summed E-state index contributed by atoms with van der Waals surface area (Å²) in [5.41, 5.74) is 2.34. The van der Waals surface area contributed by atoms with Crippen molar-refractivity contribution in [2.45, 2.75) is 45.4 Å². The quantitative estimate of drug-likeness (QED) is 0.330. The first-order chi connectivity index (χ1) is 14.1. The minimum absolute atomic E-state index is 0. The lowest BCUT2D eigenvalue weighted by Gasteiger charge is -2.33. The number of ether oxygens (including phenoxy) is 1. The first-order valence-corrected chi connectivity index (χ1v) is 10.4.